The lowest BCUT2D eigenvalue weighted by atomic mass is 9.96. The van der Waals surface area contributed by atoms with Crippen molar-refractivity contribution in [3.63, 3.8) is 0 Å². The van der Waals surface area contributed by atoms with Crippen LogP contribution in [0.3, 0.4) is 0 Å². The van der Waals surface area contributed by atoms with E-state index in [9.17, 15) is 40.7 Å². The summed E-state index contributed by atoms with van der Waals surface area (Å²) in [6.07, 6.45) is -7.27. The molecule has 1 saturated carbocycles. The van der Waals surface area contributed by atoms with Crippen LogP contribution in [0.2, 0.25) is 0 Å². The number of carbonyl (C=O) groups excluding carboxylic acids is 3. The van der Waals surface area contributed by atoms with Gasteiger partial charge < -0.3 is 24.8 Å². The number of pyridine rings is 1. The second-order valence-electron chi connectivity index (χ2n) is 10.9. The number of hydrazine groups is 1. The smallest absolute Gasteiger partial charge is 0.379 e. The Morgan fingerprint density at radius 3 is 2.60 bits per heavy atom. The number of halogens is 6. The maximum absolute atomic E-state index is 13.4. The summed E-state index contributed by atoms with van der Waals surface area (Å²) in [6, 6.07) is -1.78. The number of ether oxygens (including phenoxy) is 1. The van der Waals surface area contributed by atoms with Gasteiger partial charge in [-0.1, -0.05) is 0 Å². The molecule has 3 fully saturated rings. The summed E-state index contributed by atoms with van der Waals surface area (Å²) >= 11 is 0. The van der Waals surface area contributed by atoms with Crippen LogP contribution in [0.1, 0.15) is 31.7 Å². The lowest BCUT2D eigenvalue weighted by molar-refractivity contribution is -0.193. The first kappa shape index (κ1) is 30.3. The first-order chi connectivity index (χ1) is 19.8. The molecule has 17 heteroatoms. The lowest BCUT2D eigenvalue weighted by Gasteiger charge is -2.47. The van der Waals surface area contributed by atoms with Crippen molar-refractivity contribution in [1.82, 2.24) is 26.1 Å². The maximum atomic E-state index is 13.4. The van der Waals surface area contributed by atoms with Gasteiger partial charge in [-0.25, -0.2) is 10.4 Å². The van der Waals surface area contributed by atoms with Crippen LogP contribution >= 0.6 is 0 Å². The number of hydrogen-bond donors (Lipinski definition) is 3. The SMILES string of the molecule is C[C@@H](COCCC(=O)N1CCN2c3ncc(C(F)(F)F)cc3N(C3CC3)C(=O)[C@@H]2C1)NC1CNNC(=O)C1C(F)(F)F. The van der Waals surface area contributed by atoms with Gasteiger partial charge in [-0.2, -0.15) is 26.3 Å². The predicted octanol–water partition coefficient (Wildman–Crippen LogP) is 1.19. The van der Waals surface area contributed by atoms with E-state index in [4.69, 9.17) is 4.74 Å². The molecule has 4 heterocycles. The molecule has 0 aromatic carbocycles. The topological polar surface area (TPSA) is 119 Å². The van der Waals surface area contributed by atoms with E-state index in [-0.39, 0.29) is 75.2 Å². The van der Waals surface area contributed by atoms with Crippen LogP contribution < -0.4 is 26.0 Å². The molecule has 3 aliphatic heterocycles. The number of fused-ring (bicyclic) bond motifs is 3. The number of piperazine rings is 1. The second-order valence-corrected chi connectivity index (χ2v) is 10.9. The number of amides is 3. The summed E-state index contributed by atoms with van der Waals surface area (Å²) in [6.45, 7) is 1.91. The molecule has 5 rings (SSSR count). The highest BCUT2D eigenvalue weighted by molar-refractivity contribution is 6.06. The molecular weight excluding hydrogens is 576 g/mol. The third-order valence-electron chi connectivity index (χ3n) is 7.77. The zero-order valence-electron chi connectivity index (χ0n) is 22.6. The standard InChI is InChI=1S/C25H31F6N7O4/c1-13(34-16-10-33-35-22(40)20(16)25(29,30)31)12-42-7-4-19(39)36-5-6-37-18(11-36)23(41)38(15-2-3-15)17-8-14(24(26,27)28)9-32-21(17)37/h8-9,13,15-16,18,20,33-34H,2-7,10-12H2,1H3,(H,35,40)/t13-,16?,18-,20?/m0/s1. The van der Waals surface area contributed by atoms with E-state index < -0.39 is 47.9 Å². The van der Waals surface area contributed by atoms with Crippen molar-refractivity contribution in [2.45, 2.75) is 62.7 Å². The van der Waals surface area contributed by atoms with Crippen molar-refractivity contribution in [3.05, 3.63) is 17.8 Å². The molecule has 11 nitrogen and oxygen atoms in total. The van der Waals surface area contributed by atoms with Crippen molar-refractivity contribution >= 4 is 29.2 Å². The van der Waals surface area contributed by atoms with Gasteiger partial charge in [0.2, 0.25) is 11.8 Å². The van der Waals surface area contributed by atoms with Gasteiger partial charge in [0.25, 0.3) is 5.91 Å². The minimum absolute atomic E-state index is 0.0103. The number of aromatic nitrogens is 1. The Bertz CT molecular complexity index is 1210. The minimum atomic E-state index is -4.72. The Morgan fingerprint density at radius 1 is 1.19 bits per heavy atom. The van der Waals surface area contributed by atoms with Crippen molar-refractivity contribution in [1.29, 1.82) is 0 Å². The summed E-state index contributed by atoms with van der Waals surface area (Å²) in [5.41, 5.74) is 3.62. The average Bonchev–Trinajstić information content (AvgIpc) is 3.74. The first-order valence-corrected chi connectivity index (χ1v) is 13.6. The van der Waals surface area contributed by atoms with E-state index in [2.05, 4.69) is 15.7 Å². The van der Waals surface area contributed by atoms with E-state index in [1.165, 1.54) is 9.80 Å². The Morgan fingerprint density at radius 2 is 1.93 bits per heavy atom. The number of nitrogens with zero attached hydrogens (tertiary/aromatic N) is 4. The molecule has 1 aromatic rings. The Hall–Kier alpha value is -3.18. The van der Waals surface area contributed by atoms with Gasteiger partial charge in [0, 0.05) is 44.0 Å². The van der Waals surface area contributed by atoms with E-state index in [0.29, 0.717) is 12.8 Å². The fraction of sp³-hybridized carbons (Fsp3) is 0.680. The van der Waals surface area contributed by atoms with Crippen molar-refractivity contribution in [2.24, 2.45) is 5.92 Å². The first-order valence-electron chi connectivity index (χ1n) is 13.6. The molecule has 0 bridgehead atoms. The van der Waals surface area contributed by atoms with Crippen molar-refractivity contribution < 1.29 is 45.5 Å². The molecule has 2 saturated heterocycles. The summed E-state index contributed by atoms with van der Waals surface area (Å²) < 4.78 is 85.5. The van der Waals surface area contributed by atoms with Crippen molar-refractivity contribution in [3.8, 4) is 0 Å². The van der Waals surface area contributed by atoms with Crippen LogP contribution in [0.25, 0.3) is 0 Å². The number of carbonyl (C=O) groups is 3. The van der Waals surface area contributed by atoms with Crippen molar-refractivity contribution in [2.75, 3.05) is 49.2 Å². The van der Waals surface area contributed by atoms with Crippen LogP contribution in [-0.2, 0) is 25.3 Å². The Balaban J connectivity index is 1.14. The highest BCUT2D eigenvalue weighted by Gasteiger charge is 2.52. The highest BCUT2D eigenvalue weighted by Crippen LogP contribution is 2.44. The van der Waals surface area contributed by atoms with E-state index >= 15 is 0 Å². The monoisotopic (exact) mass is 607 g/mol. The fourth-order valence-corrected chi connectivity index (χ4v) is 5.61. The number of hydrogen-bond acceptors (Lipinski definition) is 8. The van der Waals surface area contributed by atoms with Gasteiger partial charge in [0.15, 0.2) is 11.7 Å². The largest absolute Gasteiger partial charge is 0.417 e. The summed E-state index contributed by atoms with van der Waals surface area (Å²) in [7, 11) is 0. The Kier molecular flexibility index (Phi) is 8.28. The van der Waals surface area contributed by atoms with Gasteiger partial charge in [-0.15, -0.1) is 0 Å². The number of anilines is 2. The zero-order chi connectivity index (χ0) is 30.4. The lowest BCUT2D eigenvalue weighted by Crippen LogP contribution is -2.65. The normalized spacial score (nSPS) is 25.6. The van der Waals surface area contributed by atoms with Gasteiger partial charge in [0.1, 0.15) is 6.04 Å². The fourth-order valence-electron chi connectivity index (χ4n) is 5.61. The molecule has 2 unspecified atom stereocenters. The van der Waals surface area contributed by atoms with Gasteiger partial charge in [-0.3, -0.25) is 19.8 Å². The van der Waals surface area contributed by atoms with Crippen LogP contribution in [-0.4, -0.2) is 97.3 Å². The number of nitrogens with one attached hydrogen (secondary N) is 3. The van der Waals surface area contributed by atoms with Gasteiger partial charge in [0.05, 0.1) is 37.4 Å². The quantitative estimate of drug-likeness (QED) is 0.298. The highest BCUT2D eigenvalue weighted by atomic mass is 19.4. The summed E-state index contributed by atoms with van der Waals surface area (Å²) in [5, 5.41) is 2.75. The van der Waals surface area contributed by atoms with Gasteiger partial charge in [-0.05, 0) is 25.8 Å². The third kappa shape index (κ3) is 6.27. The molecule has 4 atom stereocenters. The molecule has 1 aliphatic carbocycles. The average molecular weight is 608 g/mol. The summed E-state index contributed by atoms with van der Waals surface area (Å²) in [4.78, 5) is 46.7. The zero-order valence-corrected chi connectivity index (χ0v) is 22.6. The molecule has 42 heavy (non-hydrogen) atoms. The van der Waals surface area contributed by atoms with Gasteiger partial charge >= 0.3 is 12.4 Å². The molecule has 0 spiro atoms. The van der Waals surface area contributed by atoms with E-state index in [1.54, 1.807) is 11.8 Å². The predicted molar refractivity (Wildman–Crippen MR) is 135 cm³/mol. The molecular formula is C25H31F6N7O4. The molecule has 3 N–H and O–H groups in total. The van der Waals surface area contributed by atoms with Crippen LogP contribution in [0.15, 0.2) is 12.3 Å². The molecule has 3 amide bonds. The molecule has 1 aromatic heterocycles. The van der Waals surface area contributed by atoms with Crippen LogP contribution in [0.5, 0.6) is 0 Å². The minimum Gasteiger partial charge on any atom is -0.379 e. The van der Waals surface area contributed by atoms with E-state index in [1.807, 2.05) is 5.43 Å². The molecule has 4 aliphatic rings. The molecule has 0 radical (unpaired) electrons. The second kappa shape index (κ2) is 11.5. The van der Waals surface area contributed by atoms with E-state index in [0.717, 1.165) is 12.3 Å². The third-order valence-corrected chi connectivity index (χ3v) is 7.77. The summed E-state index contributed by atoms with van der Waals surface area (Å²) in [5.74, 6) is -3.77. The van der Waals surface area contributed by atoms with Crippen LogP contribution in [0.4, 0.5) is 37.8 Å². The van der Waals surface area contributed by atoms with Crippen LogP contribution in [0, 0.1) is 5.92 Å². The number of alkyl halides is 6. The molecule has 232 valence electrons. The maximum Gasteiger partial charge on any atom is 0.417 e. The Labute approximate surface area is 236 Å². The number of rotatable bonds is 8.